The van der Waals surface area contributed by atoms with E-state index in [0.29, 0.717) is 5.95 Å². The topological polar surface area (TPSA) is 72.0 Å². The summed E-state index contributed by atoms with van der Waals surface area (Å²) >= 11 is 0. The summed E-state index contributed by atoms with van der Waals surface area (Å²) in [5.41, 5.74) is 3.15. The van der Waals surface area contributed by atoms with E-state index in [-0.39, 0.29) is 11.5 Å². The predicted molar refractivity (Wildman–Crippen MR) is 99.3 cm³/mol. The van der Waals surface area contributed by atoms with Gasteiger partial charge in [-0.2, -0.15) is 0 Å². The second-order valence-electron chi connectivity index (χ2n) is 5.86. The van der Waals surface area contributed by atoms with Gasteiger partial charge in [0.05, 0.1) is 11.5 Å². The molecule has 5 nitrogen and oxygen atoms in total. The highest BCUT2D eigenvalue weighted by atomic mass is 32.2. The molecule has 0 radical (unpaired) electrons. The lowest BCUT2D eigenvalue weighted by molar-refractivity contribution is 0.594. The zero-order valence-electron chi connectivity index (χ0n) is 13.9. The van der Waals surface area contributed by atoms with Gasteiger partial charge in [-0.25, -0.2) is 18.4 Å². The molecule has 0 saturated carbocycles. The van der Waals surface area contributed by atoms with Crippen molar-refractivity contribution < 1.29 is 8.42 Å². The van der Waals surface area contributed by atoms with Crippen molar-refractivity contribution in [3.8, 4) is 0 Å². The van der Waals surface area contributed by atoms with Crippen LogP contribution in [0.2, 0.25) is 0 Å². The molecular formula is C19H19N3O2S. The van der Waals surface area contributed by atoms with Crippen LogP contribution >= 0.6 is 0 Å². The maximum atomic E-state index is 12.4. The van der Waals surface area contributed by atoms with E-state index in [9.17, 15) is 8.42 Å². The second kappa shape index (κ2) is 7.44. The quantitative estimate of drug-likeness (QED) is 0.732. The van der Waals surface area contributed by atoms with Gasteiger partial charge in [-0.05, 0) is 36.2 Å². The number of anilines is 2. The van der Waals surface area contributed by atoms with Crippen LogP contribution in [0.5, 0.6) is 0 Å². The van der Waals surface area contributed by atoms with E-state index in [1.807, 2.05) is 67.6 Å². The summed E-state index contributed by atoms with van der Waals surface area (Å²) in [4.78, 5) is 8.44. The van der Waals surface area contributed by atoms with Gasteiger partial charge >= 0.3 is 0 Å². The highest BCUT2D eigenvalue weighted by molar-refractivity contribution is 7.89. The van der Waals surface area contributed by atoms with E-state index in [2.05, 4.69) is 15.3 Å². The van der Waals surface area contributed by atoms with Gasteiger partial charge in [0.1, 0.15) is 0 Å². The van der Waals surface area contributed by atoms with Crippen molar-refractivity contribution in [1.29, 1.82) is 0 Å². The fraction of sp³-hybridized carbons (Fsp3) is 0.158. The molecule has 0 aliphatic rings. The summed E-state index contributed by atoms with van der Waals surface area (Å²) in [7, 11) is -3.24. The summed E-state index contributed by atoms with van der Waals surface area (Å²) in [5.74, 6) is 0.516. The van der Waals surface area contributed by atoms with Gasteiger partial charge in [0.15, 0.2) is 9.84 Å². The molecule has 1 aromatic heterocycles. The summed E-state index contributed by atoms with van der Waals surface area (Å²) in [5, 5.41) is 3.10. The molecule has 3 rings (SSSR count). The van der Waals surface area contributed by atoms with Gasteiger partial charge < -0.3 is 5.32 Å². The first-order chi connectivity index (χ1) is 12.0. The highest BCUT2D eigenvalue weighted by Gasteiger charge is 2.13. The van der Waals surface area contributed by atoms with Crippen molar-refractivity contribution in [1.82, 2.24) is 9.97 Å². The van der Waals surface area contributed by atoms with Crippen LogP contribution < -0.4 is 5.32 Å². The first-order valence-corrected chi connectivity index (χ1v) is 9.72. The Balaban J connectivity index is 1.73. The number of benzene rings is 2. The lowest BCUT2D eigenvalue weighted by atomic mass is 10.2. The number of sulfone groups is 1. The number of nitrogens with one attached hydrogen (secondary N) is 1. The molecule has 0 spiro atoms. The number of hydrogen-bond acceptors (Lipinski definition) is 5. The standard InChI is InChI=1S/C19H19N3O2S/c1-15-10-11-20-19(21-15)22-18-9-5-8-17(12-18)14-25(23,24)13-16-6-3-2-4-7-16/h2-12H,13-14H2,1H3,(H,20,21,22). The Bertz CT molecular complexity index is 957. The molecule has 2 aromatic carbocycles. The van der Waals surface area contributed by atoms with Crippen molar-refractivity contribution >= 4 is 21.5 Å². The first kappa shape index (κ1) is 17.1. The van der Waals surface area contributed by atoms with Crippen molar-refractivity contribution in [3.05, 3.63) is 83.7 Å². The van der Waals surface area contributed by atoms with E-state index >= 15 is 0 Å². The van der Waals surface area contributed by atoms with Gasteiger partial charge in [-0.15, -0.1) is 0 Å². The van der Waals surface area contributed by atoms with Gasteiger partial charge in [0.25, 0.3) is 0 Å². The monoisotopic (exact) mass is 353 g/mol. The summed E-state index contributed by atoms with van der Waals surface area (Å²) < 4.78 is 24.9. The molecule has 0 aliphatic carbocycles. The third-order valence-electron chi connectivity index (χ3n) is 3.59. The molecule has 128 valence electrons. The Kier molecular flexibility index (Phi) is 5.09. The molecule has 0 unspecified atom stereocenters. The zero-order valence-corrected chi connectivity index (χ0v) is 14.7. The minimum absolute atomic E-state index is 0.00785. The normalized spacial score (nSPS) is 11.2. The van der Waals surface area contributed by atoms with Crippen molar-refractivity contribution in [2.45, 2.75) is 18.4 Å². The van der Waals surface area contributed by atoms with Crippen LogP contribution in [0, 0.1) is 6.92 Å². The Labute approximate surface area is 147 Å². The number of aryl methyl sites for hydroxylation is 1. The van der Waals surface area contributed by atoms with Crippen LogP contribution in [0.15, 0.2) is 66.9 Å². The van der Waals surface area contributed by atoms with E-state index in [1.165, 1.54) is 0 Å². The average Bonchev–Trinajstić information content (AvgIpc) is 2.55. The molecule has 6 heteroatoms. The molecular weight excluding hydrogens is 334 g/mol. The number of hydrogen-bond donors (Lipinski definition) is 1. The molecule has 0 saturated heterocycles. The van der Waals surface area contributed by atoms with Gasteiger partial charge in [-0.3, -0.25) is 0 Å². The van der Waals surface area contributed by atoms with Crippen LogP contribution in [0.3, 0.4) is 0 Å². The Morgan fingerprint density at radius 2 is 1.64 bits per heavy atom. The van der Waals surface area contributed by atoms with Gasteiger partial charge in [-0.1, -0.05) is 42.5 Å². The average molecular weight is 353 g/mol. The smallest absolute Gasteiger partial charge is 0.227 e. The highest BCUT2D eigenvalue weighted by Crippen LogP contribution is 2.18. The molecule has 25 heavy (non-hydrogen) atoms. The molecule has 0 atom stereocenters. The molecule has 1 heterocycles. The molecule has 3 aromatic rings. The lowest BCUT2D eigenvalue weighted by Gasteiger charge is -2.08. The van der Waals surface area contributed by atoms with Gasteiger partial charge in [0.2, 0.25) is 5.95 Å². The first-order valence-electron chi connectivity index (χ1n) is 7.90. The SMILES string of the molecule is Cc1ccnc(Nc2cccc(CS(=O)(=O)Cc3ccccc3)c2)n1. The van der Waals surface area contributed by atoms with Crippen LogP contribution in [-0.2, 0) is 21.3 Å². The molecule has 0 fully saturated rings. The second-order valence-corrected chi connectivity index (χ2v) is 7.93. The minimum Gasteiger partial charge on any atom is -0.324 e. The third kappa shape index (κ3) is 5.12. The van der Waals surface area contributed by atoms with E-state index in [4.69, 9.17) is 0 Å². The lowest BCUT2D eigenvalue weighted by Crippen LogP contribution is -2.08. The minimum atomic E-state index is -3.24. The van der Waals surface area contributed by atoms with Crippen molar-refractivity contribution in [3.63, 3.8) is 0 Å². The fourth-order valence-corrected chi connectivity index (χ4v) is 4.00. The number of nitrogens with zero attached hydrogens (tertiary/aromatic N) is 2. The van der Waals surface area contributed by atoms with Crippen LogP contribution in [0.25, 0.3) is 0 Å². The van der Waals surface area contributed by atoms with E-state index in [0.717, 1.165) is 22.5 Å². The third-order valence-corrected chi connectivity index (χ3v) is 5.14. The Hall–Kier alpha value is -2.73. The Morgan fingerprint density at radius 3 is 2.40 bits per heavy atom. The largest absolute Gasteiger partial charge is 0.324 e. The summed E-state index contributed by atoms with van der Waals surface area (Å²) in [6.45, 7) is 1.89. The maximum absolute atomic E-state index is 12.4. The van der Waals surface area contributed by atoms with Crippen LogP contribution in [-0.4, -0.2) is 18.4 Å². The van der Waals surface area contributed by atoms with Gasteiger partial charge in [0, 0.05) is 17.6 Å². The molecule has 0 bridgehead atoms. The Morgan fingerprint density at radius 1 is 0.920 bits per heavy atom. The summed E-state index contributed by atoms with van der Waals surface area (Å²) in [6.07, 6.45) is 1.68. The molecule has 0 amide bonds. The van der Waals surface area contributed by atoms with Crippen LogP contribution in [0.4, 0.5) is 11.6 Å². The number of aromatic nitrogens is 2. The maximum Gasteiger partial charge on any atom is 0.227 e. The van der Waals surface area contributed by atoms with E-state index < -0.39 is 9.84 Å². The number of rotatable bonds is 6. The predicted octanol–water partition coefficient (Wildman–Crippen LogP) is 3.64. The molecule has 1 N–H and O–H groups in total. The van der Waals surface area contributed by atoms with Crippen molar-refractivity contribution in [2.75, 3.05) is 5.32 Å². The van der Waals surface area contributed by atoms with Crippen LogP contribution in [0.1, 0.15) is 16.8 Å². The van der Waals surface area contributed by atoms with E-state index in [1.54, 1.807) is 6.20 Å². The molecule has 0 aliphatic heterocycles. The summed E-state index contributed by atoms with van der Waals surface area (Å²) in [6, 6.07) is 18.3. The zero-order chi connectivity index (χ0) is 17.7. The fourth-order valence-electron chi connectivity index (χ4n) is 2.51. The van der Waals surface area contributed by atoms with Crippen molar-refractivity contribution in [2.24, 2.45) is 0 Å².